The molecule has 0 aromatic heterocycles. The number of nitrogens with zero attached hydrogens (tertiary/aromatic N) is 1. The molecule has 4 rings (SSSR count). The largest absolute Gasteiger partial charge is 0.268 e. The Bertz CT molecular complexity index is 1080. The molecular weight excluding hydrogens is 402 g/mol. The van der Waals surface area contributed by atoms with Gasteiger partial charge in [-0.15, -0.1) is 0 Å². The summed E-state index contributed by atoms with van der Waals surface area (Å²) in [7, 11) is 0. The molecule has 0 atom stereocenters. The van der Waals surface area contributed by atoms with Gasteiger partial charge in [0.15, 0.2) is 0 Å². The Hall–Kier alpha value is -2.98. The van der Waals surface area contributed by atoms with Crippen molar-refractivity contribution < 1.29 is 9.59 Å². The normalized spacial score (nSPS) is 15.2. The monoisotopic (exact) mass is 417 g/mol. The number of imide groups is 1. The molecule has 1 aliphatic rings. The lowest BCUT2D eigenvalue weighted by Crippen LogP contribution is -2.42. The molecule has 3 nitrogen and oxygen atoms in total. The highest BCUT2D eigenvalue weighted by atomic mass is 79.9. The Morgan fingerprint density at radius 3 is 2.11 bits per heavy atom. The number of carbonyl (C=O) groups excluding carboxylic acids is 2. The van der Waals surface area contributed by atoms with Crippen LogP contribution in [0.4, 0.5) is 5.69 Å². The molecule has 0 N–H and O–H groups in total. The highest BCUT2D eigenvalue weighted by molar-refractivity contribution is 9.10. The van der Waals surface area contributed by atoms with Gasteiger partial charge in [0.2, 0.25) is 0 Å². The second-order valence-electron chi connectivity index (χ2n) is 6.39. The number of aryl methyl sites for hydroxylation is 1. The van der Waals surface area contributed by atoms with Gasteiger partial charge in [0.05, 0.1) is 5.69 Å². The van der Waals surface area contributed by atoms with Gasteiger partial charge in [-0.2, -0.15) is 0 Å². The maximum Gasteiger partial charge on any atom is 0.265 e. The van der Waals surface area contributed by atoms with Crippen LogP contribution in [0.1, 0.15) is 27.0 Å². The van der Waals surface area contributed by atoms with Gasteiger partial charge >= 0.3 is 0 Å². The van der Waals surface area contributed by atoms with Gasteiger partial charge < -0.3 is 0 Å². The van der Waals surface area contributed by atoms with Gasteiger partial charge in [-0.25, -0.2) is 4.90 Å². The van der Waals surface area contributed by atoms with Crippen molar-refractivity contribution in [1.82, 2.24) is 0 Å². The molecule has 1 aliphatic heterocycles. The molecule has 0 radical (unpaired) electrons. The van der Waals surface area contributed by atoms with Crippen molar-refractivity contribution >= 4 is 45.1 Å². The highest BCUT2D eigenvalue weighted by Gasteiger charge is 2.36. The minimum absolute atomic E-state index is 0.294. The summed E-state index contributed by atoms with van der Waals surface area (Å²) >= 11 is 3.42. The van der Waals surface area contributed by atoms with Crippen molar-refractivity contribution in [1.29, 1.82) is 0 Å². The van der Waals surface area contributed by atoms with Crippen molar-refractivity contribution in [2.24, 2.45) is 0 Å². The first-order valence-electron chi connectivity index (χ1n) is 8.57. The molecule has 0 unspecified atom stereocenters. The van der Waals surface area contributed by atoms with Crippen LogP contribution in [0.15, 0.2) is 77.3 Å². The van der Waals surface area contributed by atoms with Gasteiger partial charge in [-0.3, -0.25) is 9.59 Å². The van der Waals surface area contributed by atoms with Crippen LogP contribution < -0.4 is 4.90 Å². The summed E-state index contributed by atoms with van der Waals surface area (Å²) in [6, 6.07) is 22.4. The van der Waals surface area contributed by atoms with Crippen molar-refractivity contribution in [2.45, 2.75) is 6.92 Å². The van der Waals surface area contributed by atoms with E-state index in [9.17, 15) is 9.59 Å². The molecule has 27 heavy (non-hydrogen) atoms. The quantitative estimate of drug-likeness (QED) is 0.408. The second-order valence-corrected chi connectivity index (χ2v) is 7.30. The van der Waals surface area contributed by atoms with E-state index in [4.69, 9.17) is 0 Å². The number of rotatable bonds is 2. The molecule has 4 heteroatoms. The molecule has 1 heterocycles. The fourth-order valence-electron chi connectivity index (χ4n) is 3.25. The average Bonchev–Trinajstić information content (AvgIpc) is 2.68. The maximum atomic E-state index is 13.4. The number of para-hydroxylation sites is 1. The van der Waals surface area contributed by atoms with Gasteiger partial charge in [0, 0.05) is 15.6 Å². The van der Waals surface area contributed by atoms with Gasteiger partial charge in [-0.05, 0) is 54.0 Å². The predicted octanol–water partition coefficient (Wildman–Crippen LogP) is 5.49. The van der Waals surface area contributed by atoms with Crippen LogP contribution in [0.25, 0.3) is 11.6 Å². The summed E-state index contributed by atoms with van der Waals surface area (Å²) in [6.07, 6.45) is 1.84. The molecule has 3 aromatic rings. The zero-order chi connectivity index (χ0) is 19.0. The average molecular weight is 418 g/mol. The highest BCUT2D eigenvalue weighted by Crippen LogP contribution is 2.34. The summed E-state index contributed by atoms with van der Waals surface area (Å²) in [6.45, 7) is 1.90. The fourth-order valence-corrected chi connectivity index (χ4v) is 3.52. The van der Waals surface area contributed by atoms with E-state index in [0.29, 0.717) is 22.4 Å². The van der Waals surface area contributed by atoms with Crippen LogP contribution in [0.2, 0.25) is 0 Å². The molecule has 0 aliphatic carbocycles. The van der Waals surface area contributed by atoms with Gasteiger partial charge in [0.1, 0.15) is 0 Å². The van der Waals surface area contributed by atoms with E-state index in [-0.39, 0.29) is 11.8 Å². The van der Waals surface area contributed by atoms with Crippen LogP contribution in [-0.4, -0.2) is 11.8 Å². The standard InChI is InChI=1S/C23H16BrNO2/c1-15-6-2-5-9-21(15)25-22(26)19-8-4-3-7-18(19)20(23(25)27)14-16-10-12-17(24)13-11-16/h2-14H,1H3/b20-14-. The van der Waals surface area contributed by atoms with E-state index in [0.717, 1.165) is 15.6 Å². The Balaban J connectivity index is 1.91. The number of carbonyl (C=O) groups is 2. The molecule has 0 spiro atoms. The van der Waals surface area contributed by atoms with E-state index in [1.54, 1.807) is 12.1 Å². The lowest BCUT2D eigenvalue weighted by atomic mass is 9.91. The smallest absolute Gasteiger partial charge is 0.265 e. The number of amides is 2. The minimum Gasteiger partial charge on any atom is -0.268 e. The number of anilines is 1. The minimum atomic E-state index is -0.309. The summed E-state index contributed by atoms with van der Waals surface area (Å²) in [5, 5.41) is 0. The summed E-state index contributed by atoms with van der Waals surface area (Å²) < 4.78 is 0.969. The number of halogens is 1. The second kappa shape index (κ2) is 6.97. The molecular formula is C23H16BrNO2. The number of benzene rings is 3. The molecule has 0 saturated heterocycles. The Morgan fingerprint density at radius 1 is 0.778 bits per heavy atom. The third kappa shape index (κ3) is 3.13. The first-order chi connectivity index (χ1) is 13.1. The van der Waals surface area contributed by atoms with E-state index in [1.165, 1.54) is 4.90 Å². The van der Waals surface area contributed by atoms with E-state index in [2.05, 4.69) is 15.9 Å². The summed E-state index contributed by atoms with van der Waals surface area (Å²) in [5.41, 5.74) is 4.10. The molecule has 0 fully saturated rings. The van der Waals surface area contributed by atoms with Gasteiger partial charge in [0.25, 0.3) is 11.8 Å². The van der Waals surface area contributed by atoms with Crippen LogP contribution in [-0.2, 0) is 4.79 Å². The Labute approximate surface area is 166 Å². The van der Waals surface area contributed by atoms with E-state index >= 15 is 0 Å². The SMILES string of the molecule is Cc1ccccc1N1C(=O)/C(=C\c2ccc(Br)cc2)c2ccccc2C1=O. The third-order valence-corrected chi connectivity index (χ3v) is 5.15. The molecule has 0 saturated carbocycles. The summed E-state index contributed by atoms with van der Waals surface area (Å²) in [5.74, 6) is -0.603. The predicted molar refractivity (Wildman–Crippen MR) is 111 cm³/mol. The molecule has 3 aromatic carbocycles. The molecule has 0 bridgehead atoms. The van der Waals surface area contributed by atoms with Crippen LogP contribution in [0, 0.1) is 6.92 Å². The fraction of sp³-hybridized carbons (Fsp3) is 0.0435. The van der Waals surface area contributed by atoms with Gasteiger partial charge in [-0.1, -0.05) is 64.5 Å². The van der Waals surface area contributed by atoms with Crippen LogP contribution >= 0.6 is 15.9 Å². The van der Waals surface area contributed by atoms with E-state index in [1.807, 2.05) is 73.7 Å². The van der Waals surface area contributed by atoms with Crippen molar-refractivity contribution in [3.8, 4) is 0 Å². The van der Waals surface area contributed by atoms with Crippen molar-refractivity contribution in [2.75, 3.05) is 4.90 Å². The topological polar surface area (TPSA) is 37.4 Å². The third-order valence-electron chi connectivity index (χ3n) is 4.62. The first kappa shape index (κ1) is 17.4. The van der Waals surface area contributed by atoms with Crippen LogP contribution in [0.3, 0.4) is 0 Å². The van der Waals surface area contributed by atoms with Crippen molar-refractivity contribution in [3.63, 3.8) is 0 Å². The number of fused-ring (bicyclic) bond motifs is 1. The lowest BCUT2D eigenvalue weighted by molar-refractivity contribution is -0.112. The maximum absolute atomic E-state index is 13.4. The lowest BCUT2D eigenvalue weighted by Gasteiger charge is -2.29. The molecule has 2 amide bonds. The Morgan fingerprint density at radius 2 is 1.41 bits per heavy atom. The first-order valence-corrected chi connectivity index (χ1v) is 9.36. The zero-order valence-corrected chi connectivity index (χ0v) is 16.2. The number of hydrogen-bond acceptors (Lipinski definition) is 2. The number of hydrogen-bond donors (Lipinski definition) is 0. The Kier molecular flexibility index (Phi) is 4.50. The zero-order valence-electron chi connectivity index (χ0n) is 14.6. The van der Waals surface area contributed by atoms with Crippen LogP contribution in [0.5, 0.6) is 0 Å². The molecule has 132 valence electrons. The van der Waals surface area contributed by atoms with E-state index < -0.39 is 0 Å². The van der Waals surface area contributed by atoms with Crippen molar-refractivity contribution in [3.05, 3.63) is 99.5 Å². The summed E-state index contributed by atoms with van der Waals surface area (Å²) in [4.78, 5) is 27.7.